The summed E-state index contributed by atoms with van der Waals surface area (Å²) in [5.41, 5.74) is 9.49. The largest absolute Gasteiger partial charge is 0.396 e. The maximum absolute atomic E-state index is 12.9. The number of thiazole rings is 1. The molecular formula is C16H20BrN3O3S. The first kappa shape index (κ1) is 16.5. The molecule has 24 heavy (non-hydrogen) atoms. The number of amides is 2. The summed E-state index contributed by atoms with van der Waals surface area (Å²) in [7, 11) is 0. The molecule has 3 fully saturated rings. The monoisotopic (exact) mass is 413 g/mol. The number of carbonyl (C=O) groups excluding carboxylic acids is 2. The Balaban J connectivity index is 2.05. The molecule has 4 rings (SSSR count). The lowest BCUT2D eigenvalue weighted by atomic mass is 9.53. The van der Waals surface area contributed by atoms with Gasteiger partial charge in [0.2, 0.25) is 11.8 Å². The average molecular weight is 414 g/mol. The second kappa shape index (κ2) is 5.02. The Bertz CT molecular complexity index is 734. The van der Waals surface area contributed by atoms with Crippen LogP contribution in [-0.4, -0.2) is 28.5 Å². The summed E-state index contributed by atoms with van der Waals surface area (Å²) in [4.78, 5) is 30.1. The second-order valence-electron chi connectivity index (χ2n) is 7.37. The van der Waals surface area contributed by atoms with Crippen molar-refractivity contribution in [2.75, 3.05) is 6.61 Å². The summed E-state index contributed by atoms with van der Waals surface area (Å²) in [6, 6.07) is 0. The lowest BCUT2D eigenvalue weighted by molar-refractivity contribution is -0.148. The molecule has 6 nitrogen and oxygen atoms in total. The molecule has 0 saturated heterocycles. The first-order valence-corrected chi connectivity index (χ1v) is 9.81. The number of primary amides is 2. The highest BCUT2D eigenvalue weighted by Crippen LogP contribution is 2.82. The van der Waals surface area contributed by atoms with Crippen LogP contribution in [0.4, 0.5) is 0 Å². The van der Waals surface area contributed by atoms with Gasteiger partial charge in [0.25, 0.3) is 0 Å². The molecule has 2 bridgehead atoms. The van der Waals surface area contributed by atoms with Gasteiger partial charge in [0.05, 0.1) is 15.4 Å². The van der Waals surface area contributed by atoms with E-state index in [9.17, 15) is 14.7 Å². The molecule has 1 aromatic rings. The van der Waals surface area contributed by atoms with Crippen LogP contribution in [0.5, 0.6) is 0 Å². The topological polar surface area (TPSA) is 119 Å². The van der Waals surface area contributed by atoms with Crippen molar-refractivity contribution in [1.82, 2.24) is 4.98 Å². The van der Waals surface area contributed by atoms with Crippen molar-refractivity contribution in [2.24, 2.45) is 34.1 Å². The van der Waals surface area contributed by atoms with Crippen LogP contribution < -0.4 is 11.5 Å². The Kier molecular flexibility index (Phi) is 3.44. The highest BCUT2D eigenvalue weighted by atomic mass is 79.9. The molecule has 0 aromatic carbocycles. The Hall–Kier alpha value is -0.990. The molecule has 0 aliphatic heterocycles. The summed E-state index contributed by atoms with van der Waals surface area (Å²) < 4.78 is 0.785. The Morgan fingerprint density at radius 2 is 1.96 bits per heavy atom. The third kappa shape index (κ3) is 1.58. The van der Waals surface area contributed by atoms with Crippen LogP contribution >= 0.6 is 27.3 Å². The van der Waals surface area contributed by atoms with Crippen molar-refractivity contribution >= 4 is 39.1 Å². The highest BCUT2D eigenvalue weighted by Gasteiger charge is 2.84. The lowest BCUT2D eigenvalue weighted by Crippen LogP contribution is -2.63. The van der Waals surface area contributed by atoms with Gasteiger partial charge in [-0.1, -0.05) is 0 Å². The molecule has 2 amide bonds. The standard InChI is InChI=1S/C16H20BrN3O3S/c17-10-7-20-13(24-10)16(12(19)23)9-2-1-8(14(9)3-4-14)15(16,5-6-21)11(18)22/h7-9,21H,1-6H2,(H2,18,22)(H2,19,23)/t8-,9+,15+,16-/m1/s1. The normalized spacial score (nSPS) is 38.6. The number of aromatic nitrogens is 1. The zero-order valence-electron chi connectivity index (χ0n) is 13.1. The molecule has 8 heteroatoms. The minimum atomic E-state index is -1.21. The fourth-order valence-corrected chi connectivity index (χ4v) is 7.82. The van der Waals surface area contributed by atoms with E-state index < -0.39 is 22.6 Å². The van der Waals surface area contributed by atoms with Gasteiger partial charge in [-0.15, -0.1) is 11.3 Å². The van der Waals surface area contributed by atoms with Crippen molar-refractivity contribution in [3.05, 3.63) is 15.0 Å². The van der Waals surface area contributed by atoms with E-state index in [1.807, 2.05) is 0 Å². The van der Waals surface area contributed by atoms with Gasteiger partial charge in [-0.2, -0.15) is 0 Å². The summed E-state index contributed by atoms with van der Waals surface area (Å²) in [5, 5.41) is 10.3. The van der Waals surface area contributed by atoms with Gasteiger partial charge in [-0.05, 0) is 65.3 Å². The van der Waals surface area contributed by atoms with E-state index >= 15 is 0 Å². The minimum absolute atomic E-state index is 0.00479. The fraction of sp³-hybridized carbons (Fsp3) is 0.688. The van der Waals surface area contributed by atoms with E-state index in [0.717, 1.165) is 29.5 Å². The van der Waals surface area contributed by atoms with Crippen LogP contribution in [0, 0.1) is 22.7 Å². The number of carbonyl (C=O) groups is 2. The number of hydrogen-bond acceptors (Lipinski definition) is 5. The predicted molar refractivity (Wildman–Crippen MR) is 91.9 cm³/mol. The van der Waals surface area contributed by atoms with Gasteiger partial charge in [-0.3, -0.25) is 9.59 Å². The van der Waals surface area contributed by atoms with E-state index in [4.69, 9.17) is 11.5 Å². The molecule has 4 atom stereocenters. The third-order valence-electron chi connectivity index (χ3n) is 6.93. The van der Waals surface area contributed by atoms with Crippen molar-refractivity contribution in [2.45, 2.75) is 37.5 Å². The first-order chi connectivity index (χ1) is 11.4. The molecule has 5 N–H and O–H groups in total. The molecule has 0 unspecified atom stereocenters. The average Bonchev–Trinajstić information content (AvgIpc) is 2.98. The molecule has 0 radical (unpaired) electrons. The van der Waals surface area contributed by atoms with Crippen LogP contribution in [-0.2, 0) is 15.0 Å². The fourth-order valence-electron chi connectivity index (χ4n) is 6.27. The van der Waals surface area contributed by atoms with Gasteiger partial charge in [0, 0.05) is 6.61 Å². The van der Waals surface area contributed by atoms with Crippen LogP contribution in [0.15, 0.2) is 9.98 Å². The number of aliphatic hydroxyl groups is 1. The molecule has 1 aromatic heterocycles. The summed E-state index contributed by atoms with van der Waals surface area (Å²) in [5.74, 6) is -1.09. The zero-order chi connectivity index (χ0) is 17.3. The van der Waals surface area contributed by atoms with Gasteiger partial charge in [0.15, 0.2) is 0 Å². The highest BCUT2D eigenvalue weighted by molar-refractivity contribution is 9.11. The molecule has 3 aliphatic rings. The van der Waals surface area contributed by atoms with E-state index in [1.54, 1.807) is 6.20 Å². The Morgan fingerprint density at radius 3 is 2.42 bits per heavy atom. The number of nitrogens with zero attached hydrogens (tertiary/aromatic N) is 1. The zero-order valence-corrected chi connectivity index (χ0v) is 15.5. The molecule has 3 aliphatic carbocycles. The summed E-state index contributed by atoms with van der Waals surface area (Å²) in [6.07, 6.45) is 5.49. The molecule has 130 valence electrons. The van der Waals surface area contributed by atoms with Gasteiger partial charge in [0.1, 0.15) is 10.4 Å². The number of hydrogen-bond donors (Lipinski definition) is 3. The van der Waals surface area contributed by atoms with Crippen LogP contribution in [0.25, 0.3) is 0 Å². The van der Waals surface area contributed by atoms with Gasteiger partial charge >= 0.3 is 0 Å². The van der Waals surface area contributed by atoms with Gasteiger partial charge < -0.3 is 16.6 Å². The number of aliphatic hydroxyl groups excluding tert-OH is 1. The maximum atomic E-state index is 12.9. The second-order valence-corrected chi connectivity index (χ2v) is 9.78. The van der Waals surface area contributed by atoms with Crippen molar-refractivity contribution in [3.63, 3.8) is 0 Å². The molecule has 1 heterocycles. The summed E-state index contributed by atoms with van der Waals surface area (Å²) >= 11 is 4.74. The van der Waals surface area contributed by atoms with E-state index in [-0.39, 0.29) is 30.3 Å². The van der Waals surface area contributed by atoms with Crippen LogP contribution in [0.3, 0.4) is 0 Å². The number of rotatable bonds is 5. The van der Waals surface area contributed by atoms with Crippen molar-refractivity contribution in [3.8, 4) is 0 Å². The van der Waals surface area contributed by atoms with E-state index in [1.165, 1.54) is 11.3 Å². The predicted octanol–water partition coefficient (Wildman–Crippen LogP) is 1.30. The lowest BCUT2D eigenvalue weighted by Gasteiger charge is -2.48. The van der Waals surface area contributed by atoms with Crippen LogP contribution in [0.2, 0.25) is 0 Å². The summed E-state index contributed by atoms with van der Waals surface area (Å²) in [6.45, 7) is -0.205. The molecular weight excluding hydrogens is 394 g/mol. The smallest absolute Gasteiger partial charge is 0.231 e. The van der Waals surface area contributed by atoms with Crippen LogP contribution in [0.1, 0.15) is 37.1 Å². The quantitative estimate of drug-likeness (QED) is 0.673. The molecule has 3 saturated carbocycles. The Labute approximate surface area is 152 Å². The number of halogens is 1. The first-order valence-electron chi connectivity index (χ1n) is 8.20. The van der Waals surface area contributed by atoms with Gasteiger partial charge in [-0.25, -0.2) is 4.98 Å². The third-order valence-corrected chi connectivity index (χ3v) is 8.54. The van der Waals surface area contributed by atoms with E-state index in [2.05, 4.69) is 20.9 Å². The Morgan fingerprint density at radius 1 is 1.29 bits per heavy atom. The van der Waals surface area contributed by atoms with Crippen molar-refractivity contribution in [1.29, 1.82) is 0 Å². The molecule has 1 spiro atoms. The maximum Gasteiger partial charge on any atom is 0.231 e. The SMILES string of the molecule is NC(=O)[C@]1(CCO)[C@@H]2CC[C@@H](C23CC3)[C@@]1(C(N)=O)c1ncc(Br)s1. The number of nitrogens with two attached hydrogens (primary N) is 2. The minimum Gasteiger partial charge on any atom is -0.396 e. The van der Waals surface area contributed by atoms with E-state index in [0.29, 0.717) is 5.01 Å². The van der Waals surface area contributed by atoms with Crippen molar-refractivity contribution < 1.29 is 14.7 Å².